The summed E-state index contributed by atoms with van der Waals surface area (Å²) in [6.45, 7) is 5.66. The second kappa shape index (κ2) is 10.5. The molecule has 0 fully saturated rings. The number of likely N-dealkylation sites (N-methyl/N-ethyl adjacent to an activating group) is 2. The quantitative estimate of drug-likeness (QED) is 0.689. The molecule has 0 aliphatic heterocycles. The van der Waals surface area contributed by atoms with Crippen LogP contribution < -0.4 is 15.0 Å². The Morgan fingerprint density at radius 2 is 1.71 bits per heavy atom. The number of rotatable bonds is 9. The van der Waals surface area contributed by atoms with E-state index in [1.807, 2.05) is 69.4 Å². The van der Waals surface area contributed by atoms with Crippen LogP contribution in [0.2, 0.25) is 0 Å². The molecule has 28 heavy (non-hydrogen) atoms. The Labute approximate surface area is 167 Å². The smallest absolute Gasteiger partial charge is 0.277 e. The molecular formula is C22H30N3O3+. The van der Waals surface area contributed by atoms with Crippen molar-refractivity contribution in [3.63, 3.8) is 0 Å². The highest BCUT2D eigenvalue weighted by Crippen LogP contribution is 2.11. The molecule has 2 aromatic rings. The van der Waals surface area contributed by atoms with Gasteiger partial charge in [-0.25, -0.2) is 0 Å². The summed E-state index contributed by atoms with van der Waals surface area (Å²) in [6, 6.07) is 15.5. The first-order valence-corrected chi connectivity index (χ1v) is 9.51. The fourth-order valence-electron chi connectivity index (χ4n) is 2.82. The maximum Gasteiger partial charge on any atom is 0.277 e. The van der Waals surface area contributed by atoms with Gasteiger partial charge in [-0.05, 0) is 50.2 Å². The van der Waals surface area contributed by atoms with Crippen molar-refractivity contribution < 1.29 is 19.2 Å². The molecule has 0 saturated heterocycles. The Hall–Kier alpha value is -2.86. The number of nitrogens with zero attached hydrogens (tertiary/aromatic N) is 1. The van der Waals surface area contributed by atoms with Crippen LogP contribution in [0, 0.1) is 6.92 Å². The minimum atomic E-state index is -0.205. The van der Waals surface area contributed by atoms with Crippen LogP contribution >= 0.6 is 0 Å². The van der Waals surface area contributed by atoms with Crippen molar-refractivity contribution in [2.75, 3.05) is 39.1 Å². The monoisotopic (exact) mass is 384 g/mol. The normalized spacial score (nSPS) is 11.6. The van der Waals surface area contributed by atoms with E-state index >= 15 is 0 Å². The van der Waals surface area contributed by atoms with E-state index in [0.717, 1.165) is 34.0 Å². The second-order valence-corrected chi connectivity index (χ2v) is 7.05. The van der Waals surface area contributed by atoms with E-state index in [1.165, 1.54) is 4.90 Å². The SMILES string of the molecule is CCOc1ccc(C[NH+](C)CC(=O)N(C)CC(=O)Nc2ccc(C)cc2)cc1. The van der Waals surface area contributed by atoms with Gasteiger partial charge in [-0.3, -0.25) is 9.59 Å². The van der Waals surface area contributed by atoms with Gasteiger partial charge in [-0.15, -0.1) is 0 Å². The average Bonchev–Trinajstić information content (AvgIpc) is 2.65. The summed E-state index contributed by atoms with van der Waals surface area (Å²) in [4.78, 5) is 27.1. The van der Waals surface area contributed by atoms with Gasteiger partial charge in [0.15, 0.2) is 6.54 Å². The van der Waals surface area contributed by atoms with Gasteiger partial charge in [0.1, 0.15) is 12.3 Å². The predicted octanol–water partition coefficient (Wildman–Crippen LogP) is 1.51. The van der Waals surface area contributed by atoms with Crippen LogP contribution in [-0.4, -0.2) is 50.5 Å². The molecule has 0 spiro atoms. The third-order valence-corrected chi connectivity index (χ3v) is 4.34. The van der Waals surface area contributed by atoms with E-state index in [1.54, 1.807) is 7.05 Å². The average molecular weight is 384 g/mol. The van der Waals surface area contributed by atoms with Crippen molar-refractivity contribution >= 4 is 17.5 Å². The van der Waals surface area contributed by atoms with Gasteiger partial charge in [0.2, 0.25) is 5.91 Å². The number of hydrogen-bond acceptors (Lipinski definition) is 3. The molecule has 0 bridgehead atoms. The highest BCUT2D eigenvalue weighted by Gasteiger charge is 2.17. The molecular weight excluding hydrogens is 354 g/mol. The molecule has 2 amide bonds. The lowest BCUT2D eigenvalue weighted by Crippen LogP contribution is -3.08. The topological polar surface area (TPSA) is 63.1 Å². The summed E-state index contributed by atoms with van der Waals surface area (Å²) in [5, 5.41) is 2.81. The van der Waals surface area contributed by atoms with E-state index in [0.29, 0.717) is 13.2 Å². The van der Waals surface area contributed by atoms with E-state index in [-0.39, 0.29) is 18.4 Å². The summed E-state index contributed by atoms with van der Waals surface area (Å²) in [5.41, 5.74) is 2.99. The molecule has 0 heterocycles. The number of aryl methyl sites for hydroxylation is 1. The number of carbonyl (C=O) groups excluding carboxylic acids is 2. The van der Waals surface area contributed by atoms with Crippen LogP contribution in [0.25, 0.3) is 0 Å². The van der Waals surface area contributed by atoms with Crippen LogP contribution in [0.4, 0.5) is 5.69 Å². The number of nitrogens with one attached hydrogen (secondary N) is 2. The van der Waals surface area contributed by atoms with Crippen LogP contribution in [0.15, 0.2) is 48.5 Å². The summed E-state index contributed by atoms with van der Waals surface area (Å²) >= 11 is 0. The second-order valence-electron chi connectivity index (χ2n) is 7.05. The number of anilines is 1. The lowest BCUT2D eigenvalue weighted by atomic mass is 10.2. The zero-order valence-electron chi connectivity index (χ0n) is 17.1. The minimum Gasteiger partial charge on any atom is -0.494 e. The molecule has 6 heteroatoms. The minimum absolute atomic E-state index is 0.0308. The molecule has 2 N–H and O–H groups in total. The van der Waals surface area contributed by atoms with Crippen molar-refractivity contribution in [1.82, 2.24) is 4.90 Å². The first kappa shape index (κ1) is 21.4. The van der Waals surface area contributed by atoms with Gasteiger partial charge < -0.3 is 19.9 Å². The third-order valence-electron chi connectivity index (χ3n) is 4.34. The van der Waals surface area contributed by atoms with Gasteiger partial charge in [0.05, 0.1) is 20.2 Å². The van der Waals surface area contributed by atoms with Crippen molar-refractivity contribution in [1.29, 1.82) is 0 Å². The summed E-state index contributed by atoms with van der Waals surface area (Å²) in [7, 11) is 3.62. The van der Waals surface area contributed by atoms with Crippen molar-refractivity contribution in [3.05, 3.63) is 59.7 Å². The van der Waals surface area contributed by atoms with E-state index in [4.69, 9.17) is 4.74 Å². The fourth-order valence-corrected chi connectivity index (χ4v) is 2.82. The third kappa shape index (κ3) is 7.04. The molecule has 2 rings (SSSR count). The van der Waals surface area contributed by atoms with Crippen molar-refractivity contribution in [2.45, 2.75) is 20.4 Å². The van der Waals surface area contributed by atoms with E-state index in [2.05, 4.69) is 5.32 Å². The molecule has 0 aliphatic carbocycles. The van der Waals surface area contributed by atoms with Crippen LogP contribution in [0.3, 0.4) is 0 Å². The van der Waals surface area contributed by atoms with Crippen LogP contribution in [0.1, 0.15) is 18.1 Å². The van der Waals surface area contributed by atoms with Gasteiger partial charge >= 0.3 is 0 Å². The number of ether oxygens (including phenoxy) is 1. The molecule has 0 aliphatic rings. The number of quaternary nitrogens is 1. The van der Waals surface area contributed by atoms with Gasteiger partial charge in [0.25, 0.3) is 5.91 Å². The molecule has 1 atom stereocenters. The molecule has 2 aromatic carbocycles. The Bertz CT molecular complexity index is 773. The standard InChI is InChI=1S/C22H29N3O3/c1-5-28-20-12-8-18(9-13-20)14-24(3)16-22(27)25(4)15-21(26)23-19-10-6-17(2)7-11-19/h6-13H,5,14-16H2,1-4H3,(H,23,26)/p+1. The Morgan fingerprint density at radius 1 is 1.07 bits per heavy atom. The Morgan fingerprint density at radius 3 is 2.32 bits per heavy atom. The lowest BCUT2D eigenvalue weighted by molar-refractivity contribution is -0.885. The van der Waals surface area contributed by atoms with Gasteiger partial charge in [-0.2, -0.15) is 0 Å². The predicted molar refractivity (Wildman–Crippen MR) is 111 cm³/mol. The maximum absolute atomic E-state index is 12.4. The lowest BCUT2D eigenvalue weighted by Gasteiger charge is -2.20. The van der Waals surface area contributed by atoms with Crippen molar-refractivity contribution in [2.24, 2.45) is 0 Å². The number of hydrogen-bond donors (Lipinski definition) is 2. The summed E-state index contributed by atoms with van der Waals surface area (Å²) in [5.74, 6) is 0.575. The largest absolute Gasteiger partial charge is 0.494 e. The number of benzene rings is 2. The Balaban J connectivity index is 1.78. The zero-order valence-corrected chi connectivity index (χ0v) is 17.1. The molecule has 6 nitrogen and oxygen atoms in total. The molecule has 0 aromatic heterocycles. The first-order chi connectivity index (χ1) is 13.4. The highest BCUT2D eigenvalue weighted by molar-refractivity contribution is 5.94. The van der Waals surface area contributed by atoms with Gasteiger partial charge in [-0.1, -0.05) is 17.7 Å². The molecule has 0 saturated carbocycles. The molecule has 0 radical (unpaired) electrons. The first-order valence-electron chi connectivity index (χ1n) is 9.51. The van der Waals surface area contributed by atoms with Crippen molar-refractivity contribution in [3.8, 4) is 5.75 Å². The molecule has 150 valence electrons. The van der Waals surface area contributed by atoms with Crippen LogP contribution in [-0.2, 0) is 16.1 Å². The Kier molecular flexibility index (Phi) is 8.02. The number of carbonyl (C=O) groups is 2. The number of amides is 2. The highest BCUT2D eigenvalue weighted by atomic mass is 16.5. The molecule has 1 unspecified atom stereocenters. The summed E-state index contributed by atoms with van der Waals surface area (Å²) < 4.78 is 5.44. The maximum atomic E-state index is 12.4. The van der Waals surface area contributed by atoms with E-state index < -0.39 is 0 Å². The zero-order chi connectivity index (χ0) is 20.5. The van der Waals surface area contributed by atoms with Gasteiger partial charge in [0, 0.05) is 18.3 Å². The summed E-state index contributed by atoms with van der Waals surface area (Å²) in [6.07, 6.45) is 0. The fraction of sp³-hybridized carbons (Fsp3) is 0.364. The van der Waals surface area contributed by atoms with Crippen LogP contribution in [0.5, 0.6) is 5.75 Å². The van der Waals surface area contributed by atoms with E-state index in [9.17, 15) is 9.59 Å².